The van der Waals surface area contributed by atoms with E-state index in [4.69, 9.17) is 4.74 Å². The van der Waals surface area contributed by atoms with Crippen LogP contribution >= 0.6 is 0 Å². The van der Waals surface area contributed by atoms with Crippen LogP contribution in [0.2, 0.25) is 0 Å². The van der Waals surface area contributed by atoms with Crippen molar-refractivity contribution in [3.8, 4) is 5.75 Å². The number of hydrogen-bond donors (Lipinski definition) is 1. The molecule has 0 aliphatic carbocycles. The van der Waals surface area contributed by atoms with Crippen LogP contribution in [0.1, 0.15) is 31.2 Å². The minimum atomic E-state index is -0.363. The molecule has 1 saturated heterocycles. The molecule has 5 heteroatoms. The van der Waals surface area contributed by atoms with Gasteiger partial charge >= 0.3 is 0 Å². The van der Waals surface area contributed by atoms with Gasteiger partial charge in [-0.25, -0.2) is 0 Å². The van der Waals surface area contributed by atoms with Crippen molar-refractivity contribution in [1.29, 1.82) is 0 Å². The number of benzene rings is 1. The molecule has 1 aliphatic heterocycles. The van der Waals surface area contributed by atoms with Crippen LogP contribution in [-0.4, -0.2) is 31.2 Å². The molecule has 2 rings (SSSR count). The van der Waals surface area contributed by atoms with E-state index in [0.717, 1.165) is 12.2 Å². The van der Waals surface area contributed by atoms with E-state index in [2.05, 4.69) is 0 Å². The van der Waals surface area contributed by atoms with Gasteiger partial charge in [0.25, 0.3) is 5.69 Å². The molecule has 0 atom stereocenters. The topological polar surface area (TPSA) is 56.8 Å². The van der Waals surface area contributed by atoms with E-state index >= 15 is 0 Å². The predicted molar refractivity (Wildman–Crippen MR) is 77.4 cm³/mol. The Morgan fingerprint density at radius 2 is 2.05 bits per heavy atom. The Kier molecular flexibility index (Phi) is 5.35. The highest BCUT2D eigenvalue weighted by Gasteiger charge is 2.14. The predicted octanol–water partition coefficient (Wildman–Crippen LogP) is 1.74. The molecule has 20 heavy (non-hydrogen) atoms. The lowest BCUT2D eigenvalue weighted by atomic mass is 10.2. The maximum absolute atomic E-state index is 10.7. The highest BCUT2D eigenvalue weighted by molar-refractivity contribution is 5.44. The number of rotatable bonds is 7. The summed E-state index contributed by atoms with van der Waals surface area (Å²) in [6.07, 6.45) is 4.96. The van der Waals surface area contributed by atoms with Crippen molar-refractivity contribution in [1.82, 2.24) is 0 Å². The van der Waals surface area contributed by atoms with Crippen molar-refractivity contribution in [2.24, 2.45) is 0 Å². The quantitative estimate of drug-likeness (QED) is 0.470. The van der Waals surface area contributed by atoms with Crippen molar-refractivity contribution < 1.29 is 14.6 Å². The van der Waals surface area contributed by atoms with Gasteiger partial charge in [-0.3, -0.25) is 10.1 Å². The first-order valence-corrected chi connectivity index (χ1v) is 7.38. The molecule has 1 N–H and O–H groups in total. The van der Waals surface area contributed by atoms with Gasteiger partial charge in [-0.1, -0.05) is 0 Å². The minimum Gasteiger partial charge on any atom is -0.494 e. The van der Waals surface area contributed by atoms with Crippen molar-refractivity contribution in [2.45, 2.75) is 32.6 Å². The molecule has 1 heterocycles. The third kappa shape index (κ3) is 4.20. The van der Waals surface area contributed by atoms with E-state index in [9.17, 15) is 10.1 Å². The van der Waals surface area contributed by atoms with E-state index in [1.165, 1.54) is 45.0 Å². The zero-order valence-electron chi connectivity index (χ0n) is 12.1. The number of aryl methyl sites for hydroxylation is 1. The van der Waals surface area contributed by atoms with Crippen LogP contribution < -0.4 is 9.64 Å². The minimum absolute atomic E-state index is 0.148. The van der Waals surface area contributed by atoms with Crippen molar-refractivity contribution >= 4 is 5.69 Å². The molecule has 1 aromatic rings. The Labute approximate surface area is 119 Å². The lowest BCUT2D eigenvalue weighted by Crippen LogP contribution is -3.09. The number of nitro benzene ring substituents is 1. The second kappa shape index (κ2) is 7.24. The number of hydrogen-bond acceptors (Lipinski definition) is 3. The van der Waals surface area contributed by atoms with Crippen molar-refractivity contribution in [3.63, 3.8) is 0 Å². The summed E-state index contributed by atoms with van der Waals surface area (Å²) in [6, 6.07) is 4.93. The Morgan fingerprint density at radius 3 is 2.70 bits per heavy atom. The highest BCUT2D eigenvalue weighted by atomic mass is 16.6. The number of nitrogens with zero attached hydrogens (tertiary/aromatic N) is 1. The Morgan fingerprint density at radius 1 is 1.30 bits per heavy atom. The van der Waals surface area contributed by atoms with Crippen LogP contribution in [0.3, 0.4) is 0 Å². The van der Waals surface area contributed by atoms with Gasteiger partial charge in [0.05, 0.1) is 31.2 Å². The molecule has 0 unspecified atom stereocenters. The first kappa shape index (κ1) is 14.8. The fraction of sp³-hybridized carbons (Fsp3) is 0.600. The van der Waals surface area contributed by atoms with E-state index < -0.39 is 0 Å². The molecule has 0 radical (unpaired) electrons. The number of nitrogens with one attached hydrogen (secondary N) is 1. The summed E-state index contributed by atoms with van der Waals surface area (Å²) < 4.78 is 5.65. The number of likely N-dealkylation sites (tertiary alicyclic amines) is 1. The summed E-state index contributed by atoms with van der Waals surface area (Å²) in [5.41, 5.74) is 0.795. The summed E-state index contributed by atoms with van der Waals surface area (Å²) >= 11 is 0. The fourth-order valence-electron chi connectivity index (χ4n) is 2.71. The number of nitro groups is 1. The van der Waals surface area contributed by atoms with Crippen LogP contribution in [0.15, 0.2) is 18.2 Å². The summed E-state index contributed by atoms with van der Waals surface area (Å²) in [5, 5.41) is 10.7. The normalized spacial score (nSPS) is 15.4. The van der Waals surface area contributed by atoms with E-state index in [-0.39, 0.29) is 10.6 Å². The molecule has 5 nitrogen and oxygen atoms in total. The Bertz CT molecular complexity index is 456. The molecule has 1 aliphatic rings. The average molecular weight is 279 g/mol. The third-order valence-electron chi connectivity index (χ3n) is 3.87. The van der Waals surface area contributed by atoms with Gasteiger partial charge in [0.15, 0.2) is 0 Å². The smallest absolute Gasteiger partial charge is 0.272 e. The molecule has 1 fully saturated rings. The third-order valence-corrected chi connectivity index (χ3v) is 3.87. The first-order chi connectivity index (χ1) is 9.66. The van der Waals surface area contributed by atoms with Gasteiger partial charge in [0.2, 0.25) is 0 Å². The molecular formula is C15H23N2O3+. The van der Waals surface area contributed by atoms with Gasteiger partial charge in [-0.2, -0.15) is 0 Å². The lowest BCUT2D eigenvalue weighted by molar-refractivity contribution is -0.887. The Balaban J connectivity index is 1.68. The van der Waals surface area contributed by atoms with Crippen molar-refractivity contribution in [3.05, 3.63) is 33.9 Å². The zero-order valence-corrected chi connectivity index (χ0v) is 12.1. The van der Waals surface area contributed by atoms with Crippen LogP contribution in [0.25, 0.3) is 0 Å². The molecular weight excluding hydrogens is 256 g/mol. The SMILES string of the molecule is Cc1cc(OCCCC[NH+]2CCCC2)ccc1[N+](=O)[O-]. The molecule has 0 amide bonds. The Hall–Kier alpha value is -1.62. The van der Waals surface area contributed by atoms with Gasteiger partial charge < -0.3 is 9.64 Å². The monoisotopic (exact) mass is 279 g/mol. The lowest BCUT2D eigenvalue weighted by Gasteiger charge is -2.12. The second-order valence-electron chi connectivity index (χ2n) is 5.47. The fourth-order valence-corrected chi connectivity index (χ4v) is 2.71. The van der Waals surface area contributed by atoms with E-state index in [1.807, 2.05) is 0 Å². The first-order valence-electron chi connectivity index (χ1n) is 7.38. The van der Waals surface area contributed by atoms with E-state index in [1.54, 1.807) is 24.0 Å². The molecule has 0 bridgehead atoms. The van der Waals surface area contributed by atoms with Gasteiger partial charge in [0.1, 0.15) is 5.75 Å². The maximum Gasteiger partial charge on any atom is 0.272 e. The van der Waals surface area contributed by atoms with Crippen LogP contribution in [-0.2, 0) is 0 Å². The average Bonchev–Trinajstić information content (AvgIpc) is 2.91. The summed E-state index contributed by atoms with van der Waals surface area (Å²) in [4.78, 5) is 12.1. The standard InChI is InChI=1S/C15H22N2O3/c1-13-12-14(6-7-15(13)17(18)19)20-11-5-4-10-16-8-2-3-9-16/h6-7,12H,2-5,8-11H2,1H3/p+1. The van der Waals surface area contributed by atoms with Gasteiger partial charge in [-0.05, 0) is 31.9 Å². The second-order valence-corrected chi connectivity index (χ2v) is 5.47. The van der Waals surface area contributed by atoms with Crippen molar-refractivity contribution in [2.75, 3.05) is 26.2 Å². The maximum atomic E-state index is 10.7. The van der Waals surface area contributed by atoms with Crippen LogP contribution in [0.4, 0.5) is 5.69 Å². The molecule has 0 saturated carbocycles. The molecule has 1 aromatic carbocycles. The van der Waals surface area contributed by atoms with Crippen LogP contribution in [0, 0.1) is 17.0 Å². The summed E-state index contributed by atoms with van der Waals surface area (Å²) in [5.74, 6) is 0.724. The van der Waals surface area contributed by atoms with E-state index in [0.29, 0.717) is 12.2 Å². The summed E-state index contributed by atoms with van der Waals surface area (Å²) in [7, 11) is 0. The molecule has 0 spiro atoms. The number of unbranched alkanes of at least 4 members (excludes halogenated alkanes) is 1. The van der Waals surface area contributed by atoms with Gasteiger partial charge in [-0.15, -0.1) is 0 Å². The highest BCUT2D eigenvalue weighted by Crippen LogP contribution is 2.23. The van der Waals surface area contributed by atoms with Gasteiger partial charge in [0, 0.05) is 24.5 Å². The molecule has 110 valence electrons. The largest absolute Gasteiger partial charge is 0.494 e. The van der Waals surface area contributed by atoms with Crippen LogP contribution in [0.5, 0.6) is 5.75 Å². The number of ether oxygens (including phenoxy) is 1. The number of quaternary nitrogens is 1. The summed E-state index contributed by atoms with van der Waals surface area (Å²) in [6.45, 7) is 6.31. The zero-order chi connectivity index (χ0) is 14.4. The molecule has 0 aromatic heterocycles.